The molecular formula is C20H23FN2O3. The van der Waals surface area contributed by atoms with Gasteiger partial charge in [-0.15, -0.1) is 0 Å². The van der Waals surface area contributed by atoms with Crippen LogP contribution in [-0.4, -0.2) is 29.2 Å². The average molecular weight is 358 g/mol. The number of halogens is 1. The first-order valence-electron chi connectivity index (χ1n) is 8.93. The van der Waals surface area contributed by atoms with Gasteiger partial charge in [-0.3, -0.25) is 19.3 Å². The third kappa shape index (κ3) is 3.54. The summed E-state index contributed by atoms with van der Waals surface area (Å²) >= 11 is 0. The lowest BCUT2D eigenvalue weighted by molar-refractivity contribution is -0.143. The lowest BCUT2D eigenvalue weighted by Gasteiger charge is -2.24. The highest BCUT2D eigenvalue weighted by Crippen LogP contribution is 2.34. The number of imide groups is 1. The molecular weight excluding hydrogens is 335 g/mol. The predicted molar refractivity (Wildman–Crippen MR) is 94.2 cm³/mol. The Morgan fingerprint density at radius 1 is 1.12 bits per heavy atom. The molecule has 1 saturated heterocycles. The van der Waals surface area contributed by atoms with Crippen molar-refractivity contribution in [2.24, 2.45) is 17.8 Å². The maximum atomic E-state index is 13.1. The summed E-state index contributed by atoms with van der Waals surface area (Å²) in [7, 11) is 0. The second-order valence-corrected chi connectivity index (χ2v) is 7.26. The Morgan fingerprint density at radius 3 is 2.15 bits per heavy atom. The maximum absolute atomic E-state index is 13.1. The van der Waals surface area contributed by atoms with Gasteiger partial charge in [0, 0.05) is 0 Å². The van der Waals surface area contributed by atoms with Gasteiger partial charge in [0.05, 0.1) is 17.9 Å². The van der Waals surface area contributed by atoms with E-state index in [2.05, 4.69) is 5.32 Å². The normalized spacial score (nSPS) is 23.3. The number of rotatable bonds is 5. The van der Waals surface area contributed by atoms with Gasteiger partial charge in [-0.05, 0) is 36.5 Å². The number of likely N-dealkylation sites (tertiary alicyclic amines) is 1. The summed E-state index contributed by atoms with van der Waals surface area (Å²) in [5, 5.41) is 2.88. The third-order valence-electron chi connectivity index (χ3n) is 5.11. The van der Waals surface area contributed by atoms with E-state index in [1.54, 1.807) is 12.1 Å². The molecule has 1 aromatic carbocycles. The van der Waals surface area contributed by atoms with Crippen molar-refractivity contribution >= 4 is 17.7 Å². The number of fused-ring (bicyclic) bond motifs is 1. The van der Waals surface area contributed by atoms with E-state index in [4.69, 9.17) is 0 Å². The molecule has 1 N–H and O–H groups in total. The molecule has 3 rings (SSSR count). The second kappa shape index (κ2) is 7.40. The SMILES string of the molecule is CC(C)[C@H](NC(=O)CN1C(=O)[C@@H]2CC=CC[C@H]2C1=O)c1ccc(F)cc1. The number of benzene rings is 1. The van der Waals surface area contributed by atoms with Crippen LogP contribution in [0.4, 0.5) is 4.39 Å². The van der Waals surface area contributed by atoms with Crippen molar-refractivity contribution < 1.29 is 18.8 Å². The fourth-order valence-corrected chi connectivity index (χ4v) is 3.69. The molecule has 0 aromatic heterocycles. The lowest BCUT2D eigenvalue weighted by Crippen LogP contribution is -2.43. The molecule has 1 fully saturated rings. The van der Waals surface area contributed by atoms with E-state index >= 15 is 0 Å². The van der Waals surface area contributed by atoms with Crippen LogP contribution < -0.4 is 5.32 Å². The molecule has 5 nitrogen and oxygen atoms in total. The smallest absolute Gasteiger partial charge is 0.240 e. The molecule has 3 amide bonds. The third-order valence-corrected chi connectivity index (χ3v) is 5.11. The van der Waals surface area contributed by atoms with Crippen LogP contribution in [0, 0.1) is 23.6 Å². The first kappa shape index (κ1) is 18.3. The Hall–Kier alpha value is -2.50. The Balaban J connectivity index is 1.68. The highest BCUT2D eigenvalue weighted by atomic mass is 19.1. The monoisotopic (exact) mass is 358 g/mol. The van der Waals surface area contributed by atoms with E-state index < -0.39 is 0 Å². The molecule has 1 aliphatic carbocycles. The zero-order chi connectivity index (χ0) is 18.8. The van der Waals surface area contributed by atoms with Crippen molar-refractivity contribution in [3.8, 4) is 0 Å². The standard InChI is InChI=1S/C20H23FN2O3/c1-12(2)18(13-7-9-14(21)10-8-13)22-17(24)11-23-19(25)15-5-3-4-6-16(15)20(23)26/h3-4,7-10,12,15-16,18H,5-6,11H2,1-2H3,(H,22,24)/t15-,16-,18+/m1/s1. The van der Waals surface area contributed by atoms with Crippen LogP contribution in [0.5, 0.6) is 0 Å². The van der Waals surface area contributed by atoms with Crippen LogP contribution in [0.2, 0.25) is 0 Å². The van der Waals surface area contributed by atoms with E-state index in [1.165, 1.54) is 12.1 Å². The Bertz CT molecular complexity index is 716. The first-order chi connectivity index (χ1) is 12.4. The molecule has 0 saturated carbocycles. The lowest BCUT2D eigenvalue weighted by atomic mass is 9.85. The Kier molecular flexibility index (Phi) is 5.20. The summed E-state index contributed by atoms with van der Waals surface area (Å²) in [6.07, 6.45) is 4.94. The first-order valence-corrected chi connectivity index (χ1v) is 8.93. The molecule has 1 heterocycles. The molecule has 0 spiro atoms. The molecule has 26 heavy (non-hydrogen) atoms. The number of allylic oxidation sites excluding steroid dienone is 2. The van der Waals surface area contributed by atoms with Crippen molar-refractivity contribution in [3.05, 3.63) is 47.8 Å². The van der Waals surface area contributed by atoms with Crippen LogP contribution in [0.25, 0.3) is 0 Å². The Labute approximate surface area is 152 Å². The van der Waals surface area contributed by atoms with Crippen LogP contribution in [0.15, 0.2) is 36.4 Å². The van der Waals surface area contributed by atoms with Gasteiger partial charge in [0.25, 0.3) is 0 Å². The van der Waals surface area contributed by atoms with Gasteiger partial charge in [-0.1, -0.05) is 38.1 Å². The van der Waals surface area contributed by atoms with Crippen LogP contribution >= 0.6 is 0 Å². The minimum Gasteiger partial charge on any atom is -0.347 e. The summed E-state index contributed by atoms with van der Waals surface area (Å²) in [5.41, 5.74) is 0.784. The van der Waals surface area contributed by atoms with Crippen LogP contribution in [-0.2, 0) is 14.4 Å². The molecule has 1 aliphatic heterocycles. The van der Waals surface area contributed by atoms with Gasteiger partial charge in [0.15, 0.2) is 0 Å². The summed E-state index contributed by atoms with van der Waals surface area (Å²) in [6, 6.07) is 5.64. The summed E-state index contributed by atoms with van der Waals surface area (Å²) < 4.78 is 13.1. The van der Waals surface area contributed by atoms with E-state index in [9.17, 15) is 18.8 Å². The van der Waals surface area contributed by atoms with Gasteiger partial charge >= 0.3 is 0 Å². The highest BCUT2D eigenvalue weighted by molar-refractivity contribution is 6.07. The molecule has 0 bridgehead atoms. The van der Waals surface area contributed by atoms with Crippen LogP contribution in [0.1, 0.15) is 38.3 Å². The fourth-order valence-electron chi connectivity index (χ4n) is 3.69. The largest absolute Gasteiger partial charge is 0.347 e. The average Bonchev–Trinajstić information content (AvgIpc) is 2.86. The number of amides is 3. The van der Waals surface area contributed by atoms with Gasteiger partial charge in [-0.25, -0.2) is 4.39 Å². The minimum absolute atomic E-state index is 0.0705. The Morgan fingerprint density at radius 2 is 1.65 bits per heavy atom. The van der Waals surface area contributed by atoms with Crippen molar-refractivity contribution in [1.82, 2.24) is 10.2 Å². The van der Waals surface area contributed by atoms with Gasteiger partial charge in [0.2, 0.25) is 17.7 Å². The van der Waals surface area contributed by atoms with Gasteiger partial charge in [0.1, 0.15) is 12.4 Å². The molecule has 3 atom stereocenters. The zero-order valence-corrected chi connectivity index (χ0v) is 14.9. The summed E-state index contributed by atoms with van der Waals surface area (Å²) in [5.74, 6) is -1.85. The predicted octanol–water partition coefficient (Wildman–Crippen LogP) is 2.59. The van der Waals surface area contributed by atoms with E-state index in [1.807, 2.05) is 26.0 Å². The van der Waals surface area contributed by atoms with E-state index in [0.29, 0.717) is 12.8 Å². The molecule has 0 unspecified atom stereocenters. The minimum atomic E-state index is -0.388. The second-order valence-electron chi connectivity index (χ2n) is 7.26. The molecule has 1 aromatic rings. The highest BCUT2D eigenvalue weighted by Gasteiger charge is 2.47. The van der Waals surface area contributed by atoms with Crippen LogP contribution in [0.3, 0.4) is 0 Å². The topological polar surface area (TPSA) is 66.5 Å². The molecule has 2 aliphatic rings. The van der Waals surface area contributed by atoms with E-state index in [0.717, 1.165) is 10.5 Å². The van der Waals surface area contributed by atoms with Crippen molar-refractivity contribution in [1.29, 1.82) is 0 Å². The zero-order valence-electron chi connectivity index (χ0n) is 14.9. The van der Waals surface area contributed by atoms with Gasteiger partial charge < -0.3 is 5.32 Å². The van der Waals surface area contributed by atoms with E-state index in [-0.39, 0.29) is 53.9 Å². The van der Waals surface area contributed by atoms with Crippen molar-refractivity contribution in [2.45, 2.75) is 32.7 Å². The summed E-state index contributed by atoms with van der Waals surface area (Å²) in [4.78, 5) is 38.5. The quantitative estimate of drug-likeness (QED) is 0.650. The number of hydrogen-bond donors (Lipinski definition) is 1. The molecule has 6 heteroatoms. The molecule has 0 radical (unpaired) electrons. The molecule has 138 valence electrons. The number of nitrogens with one attached hydrogen (secondary N) is 1. The number of carbonyl (C=O) groups excluding carboxylic acids is 3. The maximum Gasteiger partial charge on any atom is 0.240 e. The summed E-state index contributed by atoms with van der Waals surface area (Å²) in [6.45, 7) is 3.62. The number of carbonyl (C=O) groups is 3. The fraction of sp³-hybridized carbons (Fsp3) is 0.450. The van der Waals surface area contributed by atoms with Gasteiger partial charge in [-0.2, -0.15) is 0 Å². The van der Waals surface area contributed by atoms with Crippen molar-refractivity contribution in [3.63, 3.8) is 0 Å². The number of hydrogen-bond acceptors (Lipinski definition) is 3. The number of nitrogens with zero attached hydrogens (tertiary/aromatic N) is 1. The van der Waals surface area contributed by atoms with Crippen molar-refractivity contribution in [2.75, 3.05) is 6.54 Å².